The summed E-state index contributed by atoms with van der Waals surface area (Å²) in [5.41, 5.74) is 3.34. The van der Waals surface area contributed by atoms with Crippen molar-refractivity contribution in [2.24, 2.45) is 4.99 Å². The number of amides is 1. The van der Waals surface area contributed by atoms with Crippen molar-refractivity contribution in [3.8, 4) is 5.75 Å². The largest absolute Gasteiger partial charge is 0.377 e. The van der Waals surface area contributed by atoms with Crippen LogP contribution in [0, 0.1) is 6.92 Å². The number of thioether (sulfide) groups is 1. The molecule has 4 aromatic carbocycles. The molecule has 0 saturated carbocycles. The lowest BCUT2D eigenvalue weighted by Crippen LogP contribution is -2.28. The minimum absolute atomic E-state index is 0.0345. The highest BCUT2D eigenvalue weighted by Gasteiger charge is 2.34. The van der Waals surface area contributed by atoms with Crippen LogP contribution in [-0.2, 0) is 28.0 Å². The fourth-order valence-corrected chi connectivity index (χ4v) is 7.44. The number of aryl methyl sites for hydroxylation is 1. The molecular formula is C31H24Br2N2O4S2. The second-order valence-electron chi connectivity index (χ2n) is 9.23. The van der Waals surface area contributed by atoms with Gasteiger partial charge in [0.05, 0.1) is 22.5 Å². The van der Waals surface area contributed by atoms with E-state index in [0.717, 1.165) is 16.7 Å². The van der Waals surface area contributed by atoms with Gasteiger partial charge in [0.25, 0.3) is 5.91 Å². The molecule has 41 heavy (non-hydrogen) atoms. The standard InChI is InChI=1S/C31H24Br2N2O4S2/c1-21-12-14-26(15-13-21)41(37,38)39-29-24(16-25(32)18-27(29)33)17-28-30(36)35(20-23-10-6-3-7-11-23)31(40-28)34-19-22-8-4-2-5-9-22/h2-18H,19-20H2,1H3/b28-17+,34-31?. The van der Waals surface area contributed by atoms with Gasteiger partial charge in [0.2, 0.25) is 0 Å². The minimum atomic E-state index is -4.14. The zero-order valence-electron chi connectivity index (χ0n) is 21.8. The first-order chi connectivity index (χ1) is 19.7. The lowest BCUT2D eigenvalue weighted by molar-refractivity contribution is -0.122. The molecule has 0 unspecified atom stereocenters. The van der Waals surface area contributed by atoms with Gasteiger partial charge in [0, 0.05) is 10.0 Å². The van der Waals surface area contributed by atoms with Crippen molar-refractivity contribution in [2.45, 2.75) is 24.9 Å². The predicted octanol–water partition coefficient (Wildman–Crippen LogP) is 7.96. The Morgan fingerprint density at radius 2 is 1.54 bits per heavy atom. The van der Waals surface area contributed by atoms with E-state index in [9.17, 15) is 13.2 Å². The van der Waals surface area contributed by atoms with Gasteiger partial charge in [-0.2, -0.15) is 8.42 Å². The van der Waals surface area contributed by atoms with Gasteiger partial charge in [-0.1, -0.05) is 94.3 Å². The van der Waals surface area contributed by atoms with Crippen molar-refractivity contribution in [1.29, 1.82) is 0 Å². The molecule has 1 saturated heterocycles. The zero-order chi connectivity index (χ0) is 29.0. The van der Waals surface area contributed by atoms with Crippen molar-refractivity contribution in [3.05, 3.63) is 133 Å². The van der Waals surface area contributed by atoms with Gasteiger partial charge in [-0.25, -0.2) is 0 Å². The van der Waals surface area contributed by atoms with Crippen LogP contribution in [0.2, 0.25) is 0 Å². The Morgan fingerprint density at radius 3 is 2.20 bits per heavy atom. The molecule has 208 valence electrons. The van der Waals surface area contributed by atoms with Crippen molar-refractivity contribution in [2.75, 3.05) is 0 Å². The molecule has 4 aromatic rings. The molecule has 0 aliphatic carbocycles. The van der Waals surface area contributed by atoms with E-state index >= 15 is 0 Å². The summed E-state index contributed by atoms with van der Waals surface area (Å²) >= 11 is 8.16. The first-order valence-electron chi connectivity index (χ1n) is 12.5. The number of nitrogens with zero attached hydrogens (tertiary/aromatic N) is 2. The highest BCUT2D eigenvalue weighted by molar-refractivity contribution is 9.11. The van der Waals surface area contributed by atoms with Gasteiger partial charge in [0.15, 0.2) is 10.9 Å². The molecule has 1 fully saturated rings. The molecule has 0 N–H and O–H groups in total. The van der Waals surface area contributed by atoms with E-state index < -0.39 is 10.1 Å². The molecule has 1 aliphatic heterocycles. The van der Waals surface area contributed by atoms with E-state index in [2.05, 4.69) is 31.9 Å². The zero-order valence-corrected chi connectivity index (χ0v) is 26.6. The van der Waals surface area contributed by atoms with Crippen LogP contribution in [0.4, 0.5) is 0 Å². The van der Waals surface area contributed by atoms with Crippen LogP contribution in [0.3, 0.4) is 0 Å². The van der Waals surface area contributed by atoms with Crippen molar-refractivity contribution in [1.82, 2.24) is 4.90 Å². The summed E-state index contributed by atoms with van der Waals surface area (Å²) in [6.07, 6.45) is 1.64. The smallest absolute Gasteiger partial charge is 0.339 e. The van der Waals surface area contributed by atoms with Gasteiger partial charge < -0.3 is 4.18 Å². The van der Waals surface area contributed by atoms with Crippen molar-refractivity contribution in [3.63, 3.8) is 0 Å². The van der Waals surface area contributed by atoms with Gasteiger partial charge in [-0.05, 0) is 76.1 Å². The van der Waals surface area contributed by atoms with E-state index in [-0.39, 0.29) is 16.6 Å². The van der Waals surface area contributed by atoms with E-state index in [0.29, 0.717) is 37.7 Å². The number of benzene rings is 4. The normalized spacial score (nSPS) is 15.6. The van der Waals surface area contributed by atoms with Crippen LogP contribution in [-0.4, -0.2) is 24.4 Å². The second-order valence-corrected chi connectivity index (χ2v) is 13.6. The van der Waals surface area contributed by atoms with Crippen LogP contribution in [0.15, 0.2) is 121 Å². The number of aliphatic imine (C=N–C) groups is 1. The van der Waals surface area contributed by atoms with Crippen molar-refractivity contribution < 1.29 is 17.4 Å². The Hall–Kier alpha value is -3.18. The maximum absolute atomic E-state index is 13.7. The Balaban J connectivity index is 1.51. The highest BCUT2D eigenvalue weighted by Crippen LogP contribution is 2.40. The van der Waals surface area contributed by atoms with Crippen LogP contribution in [0.1, 0.15) is 22.3 Å². The second kappa shape index (κ2) is 12.8. The number of halogens is 2. The highest BCUT2D eigenvalue weighted by atomic mass is 79.9. The Labute approximate surface area is 260 Å². The van der Waals surface area contributed by atoms with Crippen LogP contribution in [0.25, 0.3) is 6.08 Å². The first-order valence-corrected chi connectivity index (χ1v) is 16.3. The van der Waals surface area contributed by atoms with Gasteiger partial charge in [-0.3, -0.25) is 14.7 Å². The van der Waals surface area contributed by atoms with E-state index in [4.69, 9.17) is 9.18 Å². The van der Waals surface area contributed by atoms with Gasteiger partial charge in [-0.15, -0.1) is 0 Å². The number of carbonyl (C=O) groups is 1. The molecule has 0 bridgehead atoms. The van der Waals surface area contributed by atoms with E-state index in [1.807, 2.05) is 67.6 Å². The Bertz CT molecular complexity index is 1740. The summed E-state index contributed by atoms with van der Waals surface area (Å²) in [6, 6.07) is 29.4. The summed E-state index contributed by atoms with van der Waals surface area (Å²) in [6.45, 7) is 2.65. The van der Waals surface area contributed by atoms with E-state index in [1.165, 1.54) is 23.9 Å². The summed E-state index contributed by atoms with van der Waals surface area (Å²) in [7, 11) is -4.14. The maximum atomic E-state index is 13.7. The number of hydrogen-bond acceptors (Lipinski definition) is 6. The molecule has 5 rings (SSSR count). The van der Waals surface area contributed by atoms with Gasteiger partial charge in [0.1, 0.15) is 4.90 Å². The number of hydrogen-bond donors (Lipinski definition) is 0. The third-order valence-corrected chi connectivity index (χ3v) is 9.46. The summed E-state index contributed by atoms with van der Waals surface area (Å²) in [5.74, 6) is -0.145. The SMILES string of the molecule is Cc1ccc(S(=O)(=O)Oc2c(Br)cc(Br)cc2/C=C2/SC(=NCc3ccccc3)N(Cc3ccccc3)C2=O)cc1. The van der Waals surface area contributed by atoms with Crippen LogP contribution >= 0.6 is 43.6 Å². The summed E-state index contributed by atoms with van der Waals surface area (Å²) in [5, 5.41) is 0.567. The molecule has 6 nitrogen and oxygen atoms in total. The minimum Gasteiger partial charge on any atom is -0.377 e. The first kappa shape index (κ1) is 29.3. The molecule has 0 aromatic heterocycles. The third kappa shape index (κ3) is 7.19. The molecule has 0 radical (unpaired) electrons. The summed E-state index contributed by atoms with van der Waals surface area (Å²) in [4.78, 5) is 20.6. The fraction of sp³-hybridized carbons (Fsp3) is 0.0968. The lowest BCUT2D eigenvalue weighted by Gasteiger charge is -2.16. The molecule has 0 spiro atoms. The van der Waals surface area contributed by atoms with Crippen molar-refractivity contribution >= 4 is 70.9 Å². The Kier molecular flexibility index (Phi) is 9.13. The molecular weight excluding hydrogens is 688 g/mol. The molecule has 0 atom stereocenters. The summed E-state index contributed by atoms with van der Waals surface area (Å²) < 4.78 is 33.1. The molecule has 1 heterocycles. The fourth-order valence-electron chi connectivity index (χ4n) is 4.05. The number of rotatable bonds is 8. The third-order valence-electron chi connectivity index (χ3n) is 6.14. The topological polar surface area (TPSA) is 76.0 Å². The monoisotopic (exact) mass is 710 g/mol. The predicted molar refractivity (Wildman–Crippen MR) is 171 cm³/mol. The van der Waals surface area contributed by atoms with E-state index in [1.54, 1.807) is 35.2 Å². The average Bonchev–Trinajstić information content (AvgIpc) is 3.24. The lowest BCUT2D eigenvalue weighted by atomic mass is 10.1. The number of amidine groups is 1. The quantitative estimate of drug-likeness (QED) is 0.137. The molecule has 10 heteroatoms. The van der Waals surface area contributed by atoms with Crippen LogP contribution in [0.5, 0.6) is 5.75 Å². The van der Waals surface area contributed by atoms with Crippen LogP contribution < -0.4 is 4.18 Å². The molecule has 1 aliphatic rings. The Morgan fingerprint density at radius 1 is 0.902 bits per heavy atom. The maximum Gasteiger partial charge on any atom is 0.339 e. The van der Waals surface area contributed by atoms with Gasteiger partial charge >= 0.3 is 10.1 Å². The molecule has 1 amide bonds. The average molecular weight is 712 g/mol. The number of carbonyl (C=O) groups excluding carboxylic acids is 1.